The molecule has 7 nitrogen and oxygen atoms in total. The number of fused-ring (bicyclic) bond motifs is 2. The molecular weight excluding hydrogens is 396 g/mol. The molecule has 0 radical (unpaired) electrons. The lowest BCUT2D eigenvalue weighted by molar-refractivity contribution is -0.142. The maximum absolute atomic E-state index is 13.2. The number of benzene rings is 2. The largest absolute Gasteiger partial charge is 0.489 e. The van der Waals surface area contributed by atoms with Gasteiger partial charge < -0.3 is 24.0 Å². The van der Waals surface area contributed by atoms with Gasteiger partial charge in [0.05, 0.1) is 5.56 Å². The van der Waals surface area contributed by atoms with E-state index in [0.29, 0.717) is 49.0 Å². The van der Waals surface area contributed by atoms with Crippen LogP contribution in [0.2, 0.25) is 0 Å². The second-order valence-electron chi connectivity index (χ2n) is 8.32. The molecular formula is C24H26N2O5. The fourth-order valence-electron chi connectivity index (χ4n) is 4.40. The Balaban J connectivity index is 1.23. The molecule has 1 fully saturated rings. The molecule has 3 unspecified atom stereocenters. The van der Waals surface area contributed by atoms with E-state index in [-0.39, 0.29) is 30.4 Å². The highest BCUT2D eigenvalue weighted by atomic mass is 16.6. The predicted octanol–water partition coefficient (Wildman–Crippen LogP) is 2.70. The first-order chi connectivity index (χ1) is 15.0. The van der Waals surface area contributed by atoms with Crippen molar-refractivity contribution in [2.75, 3.05) is 32.8 Å². The van der Waals surface area contributed by atoms with Gasteiger partial charge in [-0.1, -0.05) is 31.2 Å². The Morgan fingerprint density at radius 1 is 0.871 bits per heavy atom. The summed E-state index contributed by atoms with van der Waals surface area (Å²) in [5.41, 5.74) is 1.69. The summed E-state index contributed by atoms with van der Waals surface area (Å²) in [6.07, 6.45) is -0.604. The molecule has 5 rings (SSSR count). The van der Waals surface area contributed by atoms with Gasteiger partial charge in [-0.15, -0.1) is 0 Å². The van der Waals surface area contributed by atoms with Crippen LogP contribution in [0.3, 0.4) is 0 Å². The van der Waals surface area contributed by atoms with Gasteiger partial charge in [0.15, 0.2) is 11.5 Å². The van der Waals surface area contributed by atoms with E-state index in [1.54, 1.807) is 15.9 Å². The second kappa shape index (κ2) is 7.80. The molecule has 0 aromatic heterocycles. The molecule has 0 N–H and O–H groups in total. The Morgan fingerprint density at radius 3 is 2.35 bits per heavy atom. The van der Waals surface area contributed by atoms with E-state index in [1.165, 1.54) is 0 Å². The number of ether oxygens (including phenoxy) is 3. The summed E-state index contributed by atoms with van der Waals surface area (Å²) in [5, 5.41) is 0. The zero-order chi connectivity index (χ0) is 21.5. The number of carbonyl (C=O) groups is 2. The Morgan fingerprint density at radius 2 is 1.58 bits per heavy atom. The molecule has 2 aromatic rings. The van der Waals surface area contributed by atoms with Crippen molar-refractivity contribution in [3.8, 4) is 17.2 Å². The lowest BCUT2D eigenvalue weighted by Gasteiger charge is -2.37. The standard InChI is InChI=1S/C24H26N2O5/c1-15-16(2)30-22-17(15)6-5-7-18(22)23(27)25-10-12-26(13-11-25)24(28)21-14-29-19-8-3-4-9-20(19)31-21/h3-9,15-16,21H,10-14H2,1-2H3. The first-order valence-electron chi connectivity index (χ1n) is 10.8. The van der Waals surface area contributed by atoms with E-state index in [2.05, 4.69) is 6.92 Å². The van der Waals surface area contributed by atoms with Crippen LogP contribution in [0.15, 0.2) is 42.5 Å². The Bertz CT molecular complexity index is 1010. The molecule has 7 heteroatoms. The lowest BCUT2D eigenvalue weighted by Crippen LogP contribution is -2.55. The van der Waals surface area contributed by atoms with Crippen LogP contribution in [0.5, 0.6) is 17.2 Å². The highest BCUT2D eigenvalue weighted by Gasteiger charge is 2.36. The highest BCUT2D eigenvalue weighted by Crippen LogP contribution is 2.40. The fraction of sp³-hybridized carbons (Fsp3) is 0.417. The number of nitrogens with zero attached hydrogens (tertiary/aromatic N) is 2. The molecule has 3 atom stereocenters. The molecule has 0 aliphatic carbocycles. The van der Waals surface area contributed by atoms with Crippen molar-refractivity contribution in [3.05, 3.63) is 53.6 Å². The first-order valence-corrected chi connectivity index (χ1v) is 10.8. The zero-order valence-electron chi connectivity index (χ0n) is 17.7. The summed E-state index contributed by atoms with van der Waals surface area (Å²) >= 11 is 0. The van der Waals surface area contributed by atoms with Crippen molar-refractivity contribution in [1.29, 1.82) is 0 Å². The molecule has 2 aromatic carbocycles. The van der Waals surface area contributed by atoms with Gasteiger partial charge in [-0.25, -0.2) is 0 Å². The molecule has 0 spiro atoms. The minimum atomic E-state index is -0.661. The van der Waals surface area contributed by atoms with E-state index in [1.807, 2.05) is 43.3 Å². The normalized spacial score (nSPS) is 24.4. The third-order valence-electron chi connectivity index (χ3n) is 6.44. The summed E-state index contributed by atoms with van der Waals surface area (Å²) < 4.78 is 17.5. The molecule has 0 saturated carbocycles. The summed E-state index contributed by atoms with van der Waals surface area (Å²) in [6, 6.07) is 13.1. The number of rotatable bonds is 2. The third kappa shape index (κ3) is 3.48. The average Bonchev–Trinajstić information content (AvgIpc) is 3.11. The van der Waals surface area contributed by atoms with E-state index >= 15 is 0 Å². The van der Waals surface area contributed by atoms with Gasteiger partial charge in [0.25, 0.3) is 11.8 Å². The molecule has 3 heterocycles. The van der Waals surface area contributed by atoms with Gasteiger partial charge in [-0.2, -0.15) is 0 Å². The fourth-order valence-corrected chi connectivity index (χ4v) is 4.40. The maximum atomic E-state index is 13.2. The Hall–Kier alpha value is -3.22. The van der Waals surface area contributed by atoms with E-state index < -0.39 is 6.10 Å². The van der Waals surface area contributed by atoms with Gasteiger partial charge in [-0.05, 0) is 25.1 Å². The maximum Gasteiger partial charge on any atom is 0.267 e. The topological polar surface area (TPSA) is 68.3 Å². The highest BCUT2D eigenvalue weighted by molar-refractivity contribution is 5.98. The SMILES string of the molecule is CC1Oc2c(C(=O)N3CCN(C(=O)C4COc5ccccc5O4)CC3)cccc2C1C. The zero-order valence-corrected chi connectivity index (χ0v) is 17.7. The monoisotopic (exact) mass is 422 g/mol. The van der Waals surface area contributed by atoms with E-state index in [0.717, 1.165) is 5.56 Å². The average molecular weight is 422 g/mol. The molecule has 2 amide bonds. The number of amides is 2. The first kappa shape index (κ1) is 19.7. The lowest BCUT2D eigenvalue weighted by atomic mass is 9.96. The molecule has 162 valence electrons. The Kier molecular flexibility index (Phi) is 4.96. The van der Waals surface area contributed by atoms with Crippen LogP contribution >= 0.6 is 0 Å². The van der Waals surface area contributed by atoms with Gasteiger partial charge in [-0.3, -0.25) is 9.59 Å². The van der Waals surface area contributed by atoms with Crippen LogP contribution in [-0.4, -0.2) is 66.6 Å². The number of carbonyl (C=O) groups excluding carboxylic acids is 2. The van der Waals surface area contributed by atoms with Crippen LogP contribution in [-0.2, 0) is 4.79 Å². The van der Waals surface area contributed by atoms with Crippen molar-refractivity contribution in [2.45, 2.75) is 32.0 Å². The van der Waals surface area contributed by atoms with Crippen molar-refractivity contribution in [2.24, 2.45) is 0 Å². The van der Waals surface area contributed by atoms with Crippen LogP contribution in [0, 0.1) is 0 Å². The van der Waals surface area contributed by atoms with Crippen LogP contribution in [0.25, 0.3) is 0 Å². The molecule has 1 saturated heterocycles. The van der Waals surface area contributed by atoms with Crippen LogP contribution < -0.4 is 14.2 Å². The minimum Gasteiger partial charge on any atom is -0.489 e. The molecule has 3 aliphatic rings. The third-order valence-corrected chi connectivity index (χ3v) is 6.44. The number of hydrogen-bond acceptors (Lipinski definition) is 5. The number of hydrogen-bond donors (Lipinski definition) is 0. The number of para-hydroxylation sites is 3. The quantitative estimate of drug-likeness (QED) is 0.745. The van der Waals surface area contributed by atoms with E-state index in [4.69, 9.17) is 14.2 Å². The second-order valence-corrected chi connectivity index (χ2v) is 8.32. The van der Waals surface area contributed by atoms with Crippen LogP contribution in [0.4, 0.5) is 0 Å². The summed E-state index contributed by atoms with van der Waals surface area (Å²) in [4.78, 5) is 29.7. The van der Waals surface area contributed by atoms with Crippen LogP contribution in [0.1, 0.15) is 35.7 Å². The summed E-state index contributed by atoms with van der Waals surface area (Å²) in [5.74, 6) is 2.06. The Labute approximate surface area is 181 Å². The smallest absolute Gasteiger partial charge is 0.267 e. The van der Waals surface area contributed by atoms with Gasteiger partial charge >= 0.3 is 0 Å². The van der Waals surface area contributed by atoms with Crippen molar-refractivity contribution in [3.63, 3.8) is 0 Å². The molecule has 31 heavy (non-hydrogen) atoms. The number of piperazine rings is 1. The van der Waals surface area contributed by atoms with Gasteiger partial charge in [0, 0.05) is 37.7 Å². The summed E-state index contributed by atoms with van der Waals surface area (Å²) in [7, 11) is 0. The minimum absolute atomic E-state index is 0.0450. The van der Waals surface area contributed by atoms with Crippen molar-refractivity contribution >= 4 is 11.8 Å². The van der Waals surface area contributed by atoms with E-state index in [9.17, 15) is 9.59 Å². The van der Waals surface area contributed by atoms with Crippen molar-refractivity contribution in [1.82, 2.24) is 9.80 Å². The van der Waals surface area contributed by atoms with Gasteiger partial charge in [0.2, 0.25) is 6.10 Å². The summed E-state index contributed by atoms with van der Waals surface area (Å²) in [6.45, 7) is 6.22. The van der Waals surface area contributed by atoms with Gasteiger partial charge in [0.1, 0.15) is 18.5 Å². The van der Waals surface area contributed by atoms with Crippen molar-refractivity contribution < 1.29 is 23.8 Å². The molecule has 3 aliphatic heterocycles. The molecule has 0 bridgehead atoms. The predicted molar refractivity (Wildman–Crippen MR) is 114 cm³/mol.